The molecule has 0 saturated carbocycles. The second-order valence-corrected chi connectivity index (χ2v) is 4.50. The van der Waals surface area contributed by atoms with Gasteiger partial charge in [0.15, 0.2) is 0 Å². The summed E-state index contributed by atoms with van der Waals surface area (Å²) in [7, 11) is 1.56. The van der Waals surface area contributed by atoms with Crippen molar-refractivity contribution in [3.63, 3.8) is 0 Å². The van der Waals surface area contributed by atoms with Crippen LogP contribution in [0.25, 0.3) is 0 Å². The van der Waals surface area contributed by atoms with Crippen LogP contribution in [0.5, 0.6) is 11.5 Å². The number of carboxylic acids is 1. The molecule has 2 aromatic carbocycles. The largest absolute Gasteiger partial charge is 0.508 e. The van der Waals surface area contributed by atoms with Crippen molar-refractivity contribution < 1.29 is 19.7 Å². The summed E-state index contributed by atoms with van der Waals surface area (Å²) in [6.07, 6.45) is 0.337. The molecule has 0 amide bonds. The molecule has 0 fully saturated rings. The summed E-state index contributed by atoms with van der Waals surface area (Å²) in [6, 6.07) is 13.6. The Bertz CT molecular complexity index is 590. The van der Waals surface area contributed by atoms with Crippen LogP contribution in [-0.2, 0) is 11.2 Å². The average molecular weight is 272 g/mol. The van der Waals surface area contributed by atoms with E-state index in [4.69, 9.17) is 4.74 Å². The van der Waals surface area contributed by atoms with E-state index in [1.807, 2.05) is 24.3 Å². The summed E-state index contributed by atoms with van der Waals surface area (Å²) in [6.45, 7) is 0. The molecule has 104 valence electrons. The van der Waals surface area contributed by atoms with Gasteiger partial charge in [-0.05, 0) is 35.7 Å². The van der Waals surface area contributed by atoms with Crippen molar-refractivity contribution in [1.29, 1.82) is 0 Å². The van der Waals surface area contributed by atoms with E-state index in [0.29, 0.717) is 17.7 Å². The quantitative estimate of drug-likeness (QED) is 0.878. The van der Waals surface area contributed by atoms with Crippen LogP contribution in [0.1, 0.15) is 17.0 Å². The molecular weight excluding hydrogens is 256 g/mol. The van der Waals surface area contributed by atoms with E-state index in [-0.39, 0.29) is 5.75 Å². The Morgan fingerprint density at radius 2 is 1.80 bits per heavy atom. The van der Waals surface area contributed by atoms with Crippen molar-refractivity contribution in [2.45, 2.75) is 12.3 Å². The van der Waals surface area contributed by atoms with Gasteiger partial charge in [0.2, 0.25) is 0 Å². The number of phenols is 1. The van der Waals surface area contributed by atoms with Gasteiger partial charge in [0, 0.05) is 0 Å². The van der Waals surface area contributed by atoms with Crippen molar-refractivity contribution in [3.05, 3.63) is 59.7 Å². The van der Waals surface area contributed by atoms with Gasteiger partial charge in [0.05, 0.1) is 13.0 Å². The molecule has 2 aromatic rings. The maximum Gasteiger partial charge on any atom is 0.311 e. The average Bonchev–Trinajstić information content (AvgIpc) is 2.46. The molecule has 0 radical (unpaired) electrons. The molecule has 0 heterocycles. The van der Waals surface area contributed by atoms with Gasteiger partial charge in [0.25, 0.3) is 0 Å². The zero-order chi connectivity index (χ0) is 14.5. The van der Waals surface area contributed by atoms with E-state index in [2.05, 4.69) is 0 Å². The monoisotopic (exact) mass is 272 g/mol. The normalized spacial score (nSPS) is 11.8. The lowest BCUT2D eigenvalue weighted by molar-refractivity contribution is -0.138. The maximum absolute atomic E-state index is 11.5. The molecule has 1 unspecified atom stereocenters. The van der Waals surface area contributed by atoms with Gasteiger partial charge in [-0.3, -0.25) is 4.79 Å². The summed E-state index contributed by atoms with van der Waals surface area (Å²) in [5.74, 6) is -0.777. The van der Waals surface area contributed by atoms with Gasteiger partial charge in [0.1, 0.15) is 11.5 Å². The number of carbonyl (C=O) groups is 1. The number of ether oxygens (including phenoxy) is 1. The Balaban J connectivity index is 2.30. The zero-order valence-electron chi connectivity index (χ0n) is 11.1. The SMILES string of the molecule is COc1ccccc1CC(C(=O)O)c1ccc(O)cc1. The van der Waals surface area contributed by atoms with Crippen LogP contribution < -0.4 is 4.74 Å². The molecule has 4 nitrogen and oxygen atoms in total. The summed E-state index contributed by atoms with van der Waals surface area (Å²) in [5.41, 5.74) is 1.50. The number of aromatic hydroxyl groups is 1. The first-order valence-corrected chi connectivity index (χ1v) is 6.25. The summed E-state index contributed by atoms with van der Waals surface area (Å²) >= 11 is 0. The number of benzene rings is 2. The molecule has 0 saturated heterocycles. The molecule has 0 aromatic heterocycles. The summed E-state index contributed by atoms with van der Waals surface area (Å²) in [4.78, 5) is 11.5. The number of rotatable bonds is 5. The van der Waals surface area contributed by atoms with Gasteiger partial charge in [-0.1, -0.05) is 30.3 Å². The van der Waals surface area contributed by atoms with Crippen LogP contribution in [0, 0.1) is 0 Å². The second-order valence-electron chi connectivity index (χ2n) is 4.50. The van der Waals surface area contributed by atoms with Crippen LogP contribution in [0.4, 0.5) is 0 Å². The fourth-order valence-electron chi connectivity index (χ4n) is 2.15. The number of methoxy groups -OCH3 is 1. The Labute approximate surface area is 117 Å². The molecule has 0 aliphatic heterocycles. The highest BCUT2D eigenvalue weighted by Gasteiger charge is 2.21. The predicted molar refractivity (Wildman–Crippen MR) is 75.2 cm³/mol. The number of hydrogen-bond acceptors (Lipinski definition) is 3. The minimum atomic E-state index is -0.901. The van der Waals surface area contributed by atoms with Crippen molar-refractivity contribution >= 4 is 5.97 Å². The molecule has 0 spiro atoms. The third-order valence-corrected chi connectivity index (χ3v) is 3.21. The summed E-state index contributed by atoms with van der Waals surface area (Å²) in [5, 5.41) is 18.7. The van der Waals surface area contributed by atoms with Crippen LogP contribution >= 0.6 is 0 Å². The molecule has 2 rings (SSSR count). The molecular formula is C16H16O4. The van der Waals surface area contributed by atoms with Gasteiger partial charge >= 0.3 is 5.97 Å². The van der Waals surface area contributed by atoms with Crippen molar-refractivity contribution in [2.24, 2.45) is 0 Å². The summed E-state index contributed by atoms with van der Waals surface area (Å²) < 4.78 is 5.25. The smallest absolute Gasteiger partial charge is 0.311 e. The Morgan fingerprint density at radius 3 is 2.40 bits per heavy atom. The standard InChI is InChI=1S/C16H16O4/c1-20-15-5-3-2-4-12(15)10-14(16(18)19)11-6-8-13(17)9-7-11/h2-9,14,17H,10H2,1H3,(H,18,19). The Kier molecular flexibility index (Phi) is 4.25. The van der Waals surface area contributed by atoms with Crippen LogP contribution in [0.15, 0.2) is 48.5 Å². The van der Waals surface area contributed by atoms with Crippen molar-refractivity contribution in [2.75, 3.05) is 7.11 Å². The first-order chi connectivity index (χ1) is 9.61. The number of phenolic OH excluding ortho intramolecular Hbond substituents is 1. The fourth-order valence-corrected chi connectivity index (χ4v) is 2.15. The van der Waals surface area contributed by atoms with Gasteiger partial charge in [-0.2, -0.15) is 0 Å². The maximum atomic E-state index is 11.5. The number of hydrogen-bond donors (Lipinski definition) is 2. The molecule has 0 aliphatic rings. The van der Waals surface area contributed by atoms with Gasteiger partial charge in [-0.25, -0.2) is 0 Å². The van der Waals surface area contributed by atoms with E-state index in [0.717, 1.165) is 5.56 Å². The van der Waals surface area contributed by atoms with Crippen molar-refractivity contribution in [1.82, 2.24) is 0 Å². The molecule has 1 atom stereocenters. The van der Waals surface area contributed by atoms with Crippen molar-refractivity contribution in [3.8, 4) is 11.5 Å². The Hall–Kier alpha value is -2.49. The highest BCUT2D eigenvalue weighted by molar-refractivity contribution is 5.76. The molecule has 0 bridgehead atoms. The van der Waals surface area contributed by atoms with E-state index >= 15 is 0 Å². The Morgan fingerprint density at radius 1 is 1.15 bits per heavy atom. The fraction of sp³-hybridized carbons (Fsp3) is 0.188. The lowest BCUT2D eigenvalue weighted by Gasteiger charge is -2.15. The number of aliphatic carboxylic acids is 1. The molecule has 20 heavy (non-hydrogen) atoms. The first kappa shape index (κ1) is 13.9. The molecule has 0 aliphatic carbocycles. The first-order valence-electron chi connectivity index (χ1n) is 6.25. The second kappa shape index (κ2) is 6.10. The van der Waals surface area contributed by atoms with E-state index < -0.39 is 11.9 Å². The lowest BCUT2D eigenvalue weighted by Crippen LogP contribution is -2.14. The van der Waals surface area contributed by atoms with Gasteiger partial charge < -0.3 is 14.9 Å². The third-order valence-electron chi connectivity index (χ3n) is 3.21. The van der Waals surface area contributed by atoms with Gasteiger partial charge in [-0.15, -0.1) is 0 Å². The highest BCUT2D eigenvalue weighted by atomic mass is 16.5. The minimum absolute atomic E-state index is 0.121. The minimum Gasteiger partial charge on any atom is -0.508 e. The zero-order valence-corrected chi connectivity index (χ0v) is 11.1. The molecule has 4 heteroatoms. The number of carboxylic acid groups (broad SMARTS) is 1. The van der Waals surface area contributed by atoms with Crippen LogP contribution in [0.2, 0.25) is 0 Å². The van der Waals surface area contributed by atoms with Crippen LogP contribution in [0.3, 0.4) is 0 Å². The van der Waals surface area contributed by atoms with E-state index in [1.54, 1.807) is 19.2 Å². The van der Waals surface area contributed by atoms with E-state index in [1.165, 1.54) is 12.1 Å². The van der Waals surface area contributed by atoms with Crippen LogP contribution in [-0.4, -0.2) is 23.3 Å². The topological polar surface area (TPSA) is 66.8 Å². The highest BCUT2D eigenvalue weighted by Crippen LogP contribution is 2.27. The number of para-hydroxylation sites is 1. The predicted octanol–water partition coefficient (Wildman–Crippen LogP) is 2.81. The molecule has 2 N–H and O–H groups in total. The van der Waals surface area contributed by atoms with E-state index in [9.17, 15) is 15.0 Å². The lowest BCUT2D eigenvalue weighted by atomic mass is 9.91. The third kappa shape index (κ3) is 3.09.